The summed E-state index contributed by atoms with van der Waals surface area (Å²) in [7, 11) is 1.89. The molecule has 0 amide bonds. The second kappa shape index (κ2) is 7.50. The van der Waals surface area contributed by atoms with E-state index in [2.05, 4.69) is 5.32 Å². The van der Waals surface area contributed by atoms with Crippen LogP contribution in [-0.2, 0) is 6.54 Å². The maximum atomic E-state index is 13.3. The van der Waals surface area contributed by atoms with Gasteiger partial charge in [-0.2, -0.15) is 0 Å². The number of rotatable bonds is 7. The van der Waals surface area contributed by atoms with Crippen LogP contribution in [0.1, 0.15) is 5.56 Å². The smallest absolute Gasteiger partial charge is 0.165 e. The number of hydrogen-bond donors (Lipinski definition) is 1. The van der Waals surface area contributed by atoms with Gasteiger partial charge in [0.05, 0.1) is 0 Å². The van der Waals surface area contributed by atoms with Crippen LogP contribution in [0.5, 0.6) is 11.5 Å². The molecule has 0 aromatic heterocycles. The first-order valence-electron chi connectivity index (χ1n) is 6.54. The third-order valence-corrected chi connectivity index (χ3v) is 2.77. The molecule has 0 bridgehead atoms. The van der Waals surface area contributed by atoms with Crippen LogP contribution in [0.25, 0.3) is 0 Å². The molecule has 0 heterocycles. The Morgan fingerprint density at radius 2 is 1.50 bits per heavy atom. The molecule has 0 aliphatic heterocycles. The molecular weight excluding hydrogens is 257 g/mol. The van der Waals surface area contributed by atoms with E-state index in [1.54, 1.807) is 18.2 Å². The van der Waals surface area contributed by atoms with Gasteiger partial charge < -0.3 is 14.8 Å². The average molecular weight is 275 g/mol. The van der Waals surface area contributed by atoms with Crippen LogP contribution in [-0.4, -0.2) is 20.3 Å². The lowest BCUT2D eigenvalue weighted by Gasteiger charge is -2.12. The van der Waals surface area contributed by atoms with E-state index in [9.17, 15) is 4.39 Å². The fourth-order valence-electron chi connectivity index (χ4n) is 1.85. The first kappa shape index (κ1) is 14.3. The van der Waals surface area contributed by atoms with Crippen LogP contribution in [0.4, 0.5) is 4.39 Å². The Bertz CT molecular complexity index is 546. The van der Waals surface area contributed by atoms with Crippen molar-refractivity contribution in [2.75, 3.05) is 20.3 Å². The fraction of sp³-hybridized carbons (Fsp3) is 0.250. The number of nitrogens with one attached hydrogen (secondary N) is 1. The zero-order valence-electron chi connectivity index (χ0n) is 11.4. The van der Waals surface area contributed by atoms with Crippen molar-refractivity contribution in [3.63, 3.8) is 0 Å². The predicted octanol–water partition coefficient (Wildman–Crippen LogP) is 3.00. The summed E-state index contributed by atoms with van der Waals surface area (Å²) < 4.78 is 24.3. The first-order valence-corrected chi connectivity index (χ1v) is 6.54. The van der Waals surface area contributed by atoms with Gasteiger partial charge in [-0.25, -0.2) is 4.39 Å². The molecular formula is C16H18FNO2. The highest BCUT2D eigenvalue weighted by Gasteiger charge is 2.03. The van der Waals surface area contributed by atoms with E-state index in [1.165, 1.54) is 6.07 Å². The summed E-state index contributed by atoms with van der Waals surface area (Å²) in [4.78, 5) is 0. The molecule has 106 valence electrons. The van der Waals surface area contributed by atoms with Crippen LogP contribution in [0.3, 0.4) is 0 Å². The van der Waals surface area contributed by atoms with E-state index in [-0.39, 0.29) is 11.6 Å². The molecule has 0 radical (unpaired) electrons. The lowest BCUT2D eigenvalue weighted by Crippen LogP contribution is -2.12. The molecule has 0 unspecified atom stereocenters. The van der Waals surface area contributed by atoms with Crippen LogP contribution in [0, 0.1) is 5.82 Å². The monoisotopic (exact) mass is 275 g/mol. The molecule has 0 spiro atoms. The summed E-state index contributed by atoms with van der Waals surface area (Å²) in [6, 6.07) is 14.2. The highest BCUT2D eigenvalue weighted by Crippen LogP contribution is 2.18. The quantitative estimate of drug-likeness (QED) is 0.788. The van der Waals surface area contributed by atoms with Gasteiger partial charge in [-0.3, -0.25) is 0 Å². The third-order valence-electron chi connectivity index (χ3n) is 2.77. The molecule has 2 aromatic carbocycles. The van der Waals surface area contributed by atoms with Crippen molar-refractivity contribution in [2.24, 2.45) is 0 Å². The van der Waals surface area contributed by atoms with Crippen molar-refractivity contribution < 1.29 is 13.9 Å². The molecule has 20 heavy (non-hydrogen) atoms. The summed E-state index contributed by atoms with van der Waals surface area (Å²) in [6.07, 6.45) is 0. The Morgan fingerprint density at radius 1 is 0.900 bits per heavy atom. The van der Waals surface area contributed by atoms with Crippen molar-refractivity contribution in [1.29, 1.82) is 0 Å². The maximum absolute atomic E-state index is 13.3. The molecule has 4 heteroatoms. The largest absolute Gasteiger partial charge is 0.490 e. The van der Waals surface area contributed by atoms with Crippen LogP contribution >= 0.6 is 0 Å². The number of halogens is 1. The van der Waals surface area contributed by atoms with Gasteiger partial charge in [0.25, 0.3) is 0 Å². The molecule has 3 nitrogen and oxygen atoms in total. The molecule has 0 aliphatic rings. The predicted molar refractivity (Wildman–Crippen MR) is 76.6 cm³/mol. The van der Waals surface area contributed by atoms with Gasteiger partial charge in [0.1, 0.15) is 19.0 Å². The number of benzene rings is 2. The Hall–Kier alpha value is -2.07. The van der Waals surface area contributed by atoms with Gasteiger partial charge in [0, 0.05) is 12.1 Å². The molecule has 0 saturated carbocycles. The third kappa shape index (κ3) is 3.96. The second-order valence-electron chi connectivity index (χ2n) is 4.27. The van der Waals surface area contributed by atoms with Gasteiger partial charge in [0.15, 0.2) is 11.6 Å². The van der Waals surface area contributed by atoms with Gasteiger partial charge in [0.2, 0.25) is 0 Å². The lowest BCUT2D eigenvalue weighted by atomic mass is 10.2. The van der Waals surface area contributed by atoms with Crippen molar-refractivity contribution in [2.45, 2.75) is 6.54 Å². The van der Waals surface area contributed by atoms with E-state index in [4.69, 9.17) is 9.47 Å². The molecule has 0 atom stereocenters. The van der Waals surface area contributed by atoms with E-state index >= 15 is 0 Å². The Labute approximate surface area is 118 Å². The summed E-state index contributed by atoms with van der Waals surface area (Å²) in [6.45, 7) is 1.41. The molecule has 0 fully saturated rings. The van der Waals surface area contributed by atoms with E-state index in [0.29, 0.717) is 13.2 Å². The molecule has 0 aliphatic carbocycles. The number of para-hydroxylation sites is 2. The SMILES string of the molecule is CNCc1ccccc1OCCOc1ccccc1F. The average Bonchev–Trinajstić information content (AvgIpc) is 2.47. The zero-order valence-corrected chi connectivity index (χ0v) is 11.4. The van der Waals surface area contributed by atoms with Gasteiger partial charge >= 0.3 is 0 Å². The lowest BCUT2D eigenvalue weighted by molar-refractivity contribution is 0.210. The highest BCUT2D eigenvalue weighted by atomic mass is 19.1. The van der Waals surface area contributed by atoms with Crippen molar-refractivity contribution >= 4 is 0 Å². The van der Waals surface area contributed by atoms with Crippen molar-refractivity contribution in [3.05, 3.63) is 59.9 Å². The zero-order chi connectivity index (χ0) is 14.2. The Balaban J connectivity index is 1.83. The van der Waals surface area contributed by atoms with Crippen LogP contribution in [0.15, 0.2) is 48.5 Å². The number of hydrogen-bond acceptors (Lipinski definition) is 3. The minimum absolute atomic E-state index is 0.250. The van der Waals surface area contributed by atoms with Crippen LogP contribution in [0.2, 0.25) is 0 Å². The molecule has 2 aromatic rings. The van der Waals surface area contributed by atoms with Crippen molar-refractivity contribution in [1.82, 2.24) is 5.32 Å². The normalized spacial score (nSPS) is 10.3. The molecule has 1 N–H and O–H groups in total. The summed E-state index contributed by atoms with van der Waals surface area (Å²) in [5, 5.41) is 3.09. The van der Waals surface area contributed by atoms with Gasteiger partial charge in [-0.05, 0) is 25.2 Å². The van der Waals surface area contributed by atoms with E-state index < -0.39 is 0 Å². The minimum atomic E-state index is -0.358. The van der Waals surface area contributed by atoms with Crippen molar-refractivity contribution in [3.8, 4) is 11.5 Å². The summed E-state index contributed by atoms with van der Waals surface area (Å²) in [5.41, 5.74) is 1.08. The number of ether oxygens (including phenoxy) is 2. The highest BCUT2D eigenvalue weighted by molar-refractivity contribution is 5.33. The molecule has 2 rings (SSSR count). The molecule has 0 saturated heterocycles. The fourth-order valence-corrected chi connectivity index (χ4v) is 1.85. The first-order chi connectivity index (χ1) is 9.81. The summed E-state index contributed by atoms with van der Waals surface area (Å²) >= 11 is 0. The maximum Gasteiger partial charge on any atom is 0.165 e. The van der Waals surface area contributed by atoms with E-state index in [1.807, 2.05) is 31.3 Å². The summed E-state index contributed by atoms with van der Waals surface area (Å²) in [5.74, 6) is 0.710. The van der Waals surface area contributed by atoms with Gasteiger partial charge in [-0.15, -0.1) is 0 Å². The Kier molecular flexibility index (Phi) is 5.38. The Morgan fingerprint density at radius 3 is 2.20 bits per heavy atom. The minimum Gasteiger partial charge on any atom is -0.490 e. The van der Waals surface area contributed by atoms with Gasteiger partial charge in [-0.1, -0.05) is 30.3 Å². The standard InChI is InChI=1S/C16H18FNO2/c1-18-12-13-6-2-4-8-15(13)19-10-11-20-16-9-5-3-7-14(16)17/h2-9,18H,10-12H2,1H3. The van der Waals surface area contributed by atoms with E-state index in [0.717, 1.165) is 17.9 Å². The topological polar surface area (TPSA) is 30.5 Å². The second-order valence-corrected chi connectivity index (χ2v) is 4.27. The van der Waals surface area contributed by atoms with Crippen LogP contribution < -0.4 is 14.8 Å².